The zero-order chi connectivity index (χ0) is 13.1. The molecule has 1 amide bonds. The van der Waals surface area contributed by atoms with Gasteiger partial charge in [0.05, 0.1) is 0 Å². The predicted octanol–water partition coefficient (Wildman–Crippen LogP) is 3.68. The third kappa shape index (κ3) is 3.90. The molecule has 2 rings (SSSR count). The lowest BCUT2D eigenvalue weighted by Crippen LogP contribution is -2.35. The average Bonchev–Trinajstić information content (AvgIpc) is 2.76. The van der Waals surface area contributed by atoms with E-state index in [1.807, 2.05) is 39.5 Å². The van der Waals surface area contributed by atoms with Crippen molar-refractivity contribution in [1.29, 1.82) is 0 Å². The summed E-state index contributed by atoms with van der Waals surface area (Å²) in [5, 5.41) is 0. The van der Waals surface area contributed by atoms with Crippen LogP contribution < -0.4 is 0 Å². The van der Waals surface area contributed by atoms with Gasteiger partial charge in [0, 0.05) is 13.1 Å². The zero-order valence-electron chi connectivity index (χ0n) is 12.0. The largest absolute Gasteiger partial charge is 0.444 e. The van der Waals surface area contributed by atoms with Crippen molar-refractivity contribution in [2.24, 2.45) is 11.8 Å². The number of hydrogen-bond acceptors (Lipinski definition) is 2. The van der Waals surface area contributed by atoms with Gasteiger partial charge in [0.15, 0.2) is 0 Å². The summed E-state index contributed by atoms with van der Waals surface area (Å²) in [6.45, 7) is 11.6. The molecule has 1 aliphatic heterocycles. The number of likely N-dealkylation sites (tertiary alicyclic amines) is 1. The van der Waals surface area contributed by atoms with Gasteiger partial charge in [-0.25, -0.2) is 4.79 Å². The van der Waals surface area contributed by atoms with E-state index in [0.717, 1.165) is 24.9 Å². The molecule has 0 aromatic heterocycles. The van der Waals surface area contributed by atoms with Gasteiger partial charge in [0.1, 0.15) is 5.60 Å². The molecule has 2 aliphatic rings. The highest BCUT2D eigenvalue weighted by Crippen LogP contribution is 2.38. The van der Waals surface area contributed by atoms with Crippen molar-refractivity contribution in [2.75, 3.05) is 13.1 Å². The Labute approximate surface area is 106 Å². The monoisotopic (exact) mass is 241 g/mol. The molecule has 1 saturated heterocycles. The van der Waals surface area contributed by atoms with E-state index in [4.69, 9.17) is 4.74 Å². The highest BCUT2D eigenvalue weighted by Gasteiger charge is 2.39. The van der Waals surface area contributed by atoms with Gasteiger partial charge in [0.2, 0.25) is 0 Å². The molecule has 1 aliphatic carbocycles. The van der Waals surface area contributed by atoms with E-state index in [-0.39, 0.29) is 11.7 Å². The van der Waals surface area contributed by atoms with Crippen molar-refractivity contribution in [3.05, 3.63) is 0 Å². The first kappa shape index (κ1) is 14.3. The number of nitrogens with zero attached hydrogens (tertiary/aromatic N) is 1. The number of amides is 1. The third-order valence-electron chi connectivity index (χ3n) is 3.38. The van der Waals surface area contributed by atoms with Gasteiger partial charge >= 0.3 is 6.09 Å². The number of fused-ring (bicyclic) bond motifs is 1. The SMILES string of the molecule is CC.CC(C)(C)OC(=O)N1CC2CCCC2C1. The molecule has 0 spiro atoms. The first-order chi connectivity index (χ1) is 7.96. The van der Waals surface area contributed by atoms with Crippen LogP contribution >= 0.6 is 0 Å². The number of carbonyl (C=O) groups excluding carboxylic acids is 1. The molecule has 1 heterocycles. The summed E-state index contributed by atoms with van der Waals surface area (Å²) < 4.78 is 5.37. The molecule has 3 heteroatoms. The van der Waals surface area contributed by atoms with Gasteiger partial charge in [-0.3, -0.25) is 0 Å². The van der Waals surface area contributed by atoms with Crippen LogP contribution in [-0.4, -0.2) is 29.7 Å². The fraction of sp³-hybridized carbons (Fsp3) is 0.929. The minimum atomic E-state index is -0.366. The second-order valence-electron chi connectivity index (χ2n) is 5.84. The van der Waals surface area contributed by atoms with Crippen LogP contribution in [0.2, 0.25) is 0 Å². The van der Waals surface area contributed by atoms with Crippen molar-refractivity contribution in [2.45, 2.75) is 59.5 Å². The Kier molecular flexibility index (Phi) is 4.84. The molecule has 0 bridgehead atoms. The van der Waals surface area contributed by atoms with Crippen molar-refractivity contribution < 1.29 is 9.53 Å². The van der Waals surface area contributed by atoms with Crippen LogP contribution in [0, 0.1) is 11.8 Å². The molecule has 2 fully saturated rings. The minimum Gasteiger partial charge on any atom is -0.444 e. The molecule has 3 nitrogen and oxygen atoms in total. The standard InChI is InChI=1S/C12H21NO2.C2H6/c1-12(2,3)15-11(14)13-7-9-5-4-6-10(9)8-13;1-2/h9-10H,4-8H2,1-3H3;1-2H3. The van der Waals surface area contributed by atoms with Gasteiger partial charge in [-0.15, -0.1) is 0 Å². The minimum absolute atomic E-state index is 0.128. The third-order valence-corrected chi connectivity index (χ3v) is 3.38. The second-order valence-corrected chi connectivity index (χ2v) is 5.84. The molecule has 17 heavy (non-hydrogen) atoms. The quantitative estimate of drug-likeness (QED) is 0.647. The molecular weight excluding hydrogens is 214 g/mol. The molecule has 0 radical (unpaired) electrons. The molecule has 2 atom stereocenters. The normalized spacial score (nSPS) is 27.2. The van der Waals surface area contributed by atoms with Crippen LogP contribution in [-0.2, 0) is 4.74 Å². The Morgan fingerprint density at radius 2 is 1.59 bits per heavy atom. The highest BCUT2D eigenvalue weighted by molar-refractivity contribution is 5.68. The van der Waals surface area contributed by atoms with Crippen LogP contribution in [0.15, 0.2) is 0 Å². The van der Waals surface area contributed by atoms with Gasteiger partial charge in [-0.2, -0.15) is 0 Å². The fourth-order valence-electron chi connectivity index (χ4n) is 2.71. The number of carbonyl (C=O) groups is 1. The summed E-state index contributed by atoms with van der Waals surface area (Å²) in [4.78, 5) is 13.7. The maximum absolute atomic E-state index is 11.8. The summed E-state index contributed by atoms with van der Waals surface area (Å²) in [7, 11) is 0. The van der Waals surface area contributed by atoms with E-state index in [0.29, 0.717) is 0 Å². The van der Waals surface area contributed by atoms with Crippen molar-refractivity contribution in [3.8, 4) is 0 Å². The van der Waals surface area contributed by atoms with E-state index in [9.17, 15) is 4.79 Å². The summed E-state index contributed by atoms with van der Waals surface area (Å²) in [6.07, 6.45) is 3.81. The van der Waals surface area contributed by atoms with Crippen molar-refractivity contribution in [1.82, 2.24) is 4.90 Å². The highest BCUT2D eigenvalue weighted by atomic mass is 16.6. The summed E-state index contributed by atoms with van der Waals surface area (Å²) in [5.41, 5.74) is -0.366. The molecule has 0 N–H and O–H groups in total. The van der Waals surface area contributed by atoms with E-state index in [1.165, 1.54) is 19.3 Å². The van der Waals surface area contributed by atoms with Crippen molar-refractivity contribution in [3.63, 3.8) is 0 Å². The number of hydrogen-bond donors (Lipinski definition) is 0. The Hall–Kier alpha value is -0.730. The van der Waals surface area contributed by atoms with Gasteiger partial charge in [-0.1, -0.05) is 20.3 Å². The van der Waals surface area contributed by atoms with Gasteiger partial charge in [-0.05, 0) is 45.4 Å². The summed E-state index contributed by atoms with van der Waals surface area (Å²) in [6, 6.07) is 0. The Balaban J connectivity index is 0.000000686. The Morgan fingerprint density at radius 1 is 1.12 bits per heavy atom. The maximum Gasteiger partial charge on any atom is 0.410 e. The van der Waals surface area contributed by atoms with Crippen LogP contribution in [0.4, 0.5) is 4.79 Å². The fourth-order valence-corrected chi connectivity index (χ4v) is 2.71. The van der Waals surface area contributed by atoms with Crippen LogP contribution in [0.3, 0.4) is 0 Å². The van der Waals surface area contributed by atoms with Crippen LogP contribution in [0.5, 0.6) is 0 Å². The smallest absolute Gasteiger partial charge is 0.410 e. The number of ether oxygens (including phenoxy) is 1. The van der Waals surface area contributed by atoms with Crippen LogP contribution in [0.25, 0.3) is 0 Å². The van der Waals surface area contributed by atoms with Gasteiger partial charge in [0.25, 0.3) is 0 Å². The molecule has 100 valence electrons. The summed E-state index contributed by atoms with van der Waals surface area (Å²) >= 11 is 0. The van der Waals surface area contributed by atoms with E-state index >= 15 is 0 Å². The Morgan fingerprint density at radius 3 is 2.00 bits per heavy atom. The lowest BCUT2D eigenvalue weighted by Gasteiger charge is -2.24. The lowest BCUT2D eigenvalue weighted by molar-refractivity contribution is 0.0280. The first-order valence-corrected chi connectivity index (χ1v) is 6.93. The molecule has 0 aromatic rings. The lowest BCUT2D eigenvalue weighted by atomic mass is 10.0. The maximum atomic E-state index is 11.8. The molecule has 1 saturated carbocycles. The average molecular weight is 241 g/mol. The summed E-state index contributed by atoms with van der Waals surface area (Å²) in [5.74, 6) is 1.50. The second kappa shape index (κ2) is 5.74. The topological polar surface area (TPSA) is 29.5 Å². The van der Waals surface area contributed by atoms with Crippen LogP contribution in [0.1, 0.15) is 53.9 Å². The van der Waals surface area contributed by atoms with Crippen molar-refractivity contribution >= 4 is 6.09 Å². The first-order valence-electron chi connectivity index (χ1n) is 6.93. The molecular formula is C14H27NO2. The number of rotatable bonds is 0. The van der Waals surface area contributed by atoms with E-state index in [2.05, 4.69) is 0 Å². The molecule has 0 aromatic carbocycles. The predicted molar refractivity (Wildman–Crippen MR) is 70.0 cm³/mol. The zero-order valence-corrected chi connectivity index (χ0v) is 12.0. The molecule has 2 unspecified atom stereocenters. The van der Waals surface area contributed by atoms with E-state index < -0.39 is 0 Å². The Bertz CT molecular complexity index is 245. The van der Waals surface area contributed by atoms with E-state index in [1.54, 1.807) is 0 Å². The van der Waals surface area contributed by atoms with Gasteiger partial charge < -0.3 is 9.64 Å².